The van der Waals surface area contributed by atoms with Gasteiger partial charge in [0, 0.05) is 12.1 Å². The van der Waals surface area contributed by atoms with Crippen LogP contribution in [0.25, 0.3) is 0 Å². The standard InChI is InChI=1S/C8H8Cl2N2.ClH/c1-11-5-12-8-3-2-6(9)4-7(8)10;/h2-5H,1H3,(H,11,12);1H. The molecule has 0 fully saturated rings. The van der Waals surface area contributed by atoms with E-state index in [-0.39, 0.29) is 12.4 Å². The second-order valence-corrected chi connectivity index (χ2v) is 3.00. The van der Waals surface area contributed by atoms with Crippen molar-refractivity contribution in [3.8, 4) is 0 Å². The van der Waals surface area contributed by atoms with Gasteiger partial charge in [-0.3, -0.25) is 4.99 Å². The number of hydrogen-bond acceptors (Lipinski definition) is 1. The van der Waals surface area contributed by atoms with Gasteiger partial charge in [0.1, 0.15) is 0 Å². The minimum Gasteiger partial charge on any atom is -0.346 e. The van der Waals surface area contributed by atoms with Crippen LogP contribution in [0, 0.1) is 0 Å². The van der Waals surface area contributed by atoms with E-state index in [2.05, 4.69) is 10.3 Å². The molecule has 0 saturated heterocycles. The number of anilines is 1. The lowest BCUT2D eigenvalue weighted by Gasteiger charge is -2.02. The van der Waals surface area contributed by atoms with Crippen molar-refractivity contribution in [3.63, 3.8) is 0 Å². The Hall–Kier alpha value is -0.440. The smallest absolute Gasteiger partial charge is 0.0864 e. The molecule has 0 heterocycles. The molecular formula is C8H9Cl3N2. The summed E-state index contributed by atoms with van der Waals surface area (Å²) in [5, 5.41) is 4.12. The number of nitrogens with zero attached hydrogens (tertiary/aromatic N) is 1. The molecule has 1 N–H and O–H groups in total. The van der Waals surface area contributed by atoms with Crippen molar-refractivity contribution in [2.24, 2.45) is 4.99 Å². The molecule has 0 aromatic heterocycles. The van der Waals surface area contributed by atoms with E-state index in [1.54, 1.807) is 31.6 Å². The maximum Gasteiger partial charge on any atom is 0.0864 e. The molecule has 1 rings (SSSR count). The van der Waals surface area contributed by atoms with Crippen LogP contribution in [-0.4, -0.2) is 13.4 Å². The fraction of sp³-hybridized carbons (Fsp3) is 0.125. The summed E-state index contributed by atoms with van der Waals surface area (Å²) in [6, 6.07) is 5.24. The van der Waals surface area contributed by atoms with E-state index < -0.39 is 0 Å². The maximum atomic E-state index is 5.86. The Kier molecular flexibility index (Phi) is 5.88. The molecule has 0 aliphatic heterocycles. The first kappa shape index (κ1) is 12.6. The Balaban J connectivity index is 0.00000144. The lowest BCUT2D eigenvalue weighted by Crippen LogP contribution is -1.94. The number of halogens is 3. The summed E-state index contributed by atoms with van der Waals surface area (Å²) in [6.07, 6.45) is 1.56. The lowest BCUT2D eigenvalue weighted by molar-refractivity contribution is 1.46. The molecule has 2 nitrogen and oxygen atoms in total. The SMILES string of the molecule is CN=CNc1ccc(Cl)cc1Cl.Cl. The summed E-state index contributed by atoms with van der Waals surface area (Å²) in [6.45, 7) is 0. The van der Waals surface area contributed by atoms with Crippen molar-refractivity contribution >= 4 is 47.6 Å². The van der Waals surface area contributed by atoms with Crippen LogP contribution in [0.4, 0.5) is 5.69 Å². The quantitative estimate of drug-likeness (QED) is 0.620. The van der Waals surface area contributed by atoms with E-state index in [1.807, 2.05) is 0 Å². The third-order valence-electron chi connectivity index (χ3n) is 1.28. The van der Waals surface area contributed by atoms with Gasteiger partial charge in [-0.15, -0.1) is 12.4 Å². The fourth-order valence-electron chi connectivity index (χ4n) is 0.741. The molecule has 0 unspecified atom stereocenters. The van der Waals surface area contributed by atoms with Crippen molar-refractivity contribution in [2.75, 3.05) is 12.4 Å². The van der Waals surface area contributed by atoms with Crippen molar-refractivity contribution in [2.45, 2.75) is 0 Å². The number of rotatable bonds is 2. The molecule has 5 heteroatoms. The molecule has 0 spiro atoms. The van der Waals surface area contributed by atoms with Crippen molar-refractivity contribution < 1.29 is 0 Å². The summed E-state index contributed by atoms with van der Waals surface area (Å²) in [7, 11) is 1.68. The van der Waals surface area contributed by atoms with Gasteiger partial charge in [-0.05, 0) is 18.2 Å². The first-order valence-electron chi connectivity index (χ1n) is 3.36. The molecule has 1 aromatic carbocycles. The van der Waals surface area contributed by atoms with Crippen LogP contribution in [0.1, 0.15) is 0 Å². The Morgan fingerprint density at radius 1 is 1.38 bits per heavy atom. The van der Waals surface area contributed by atoms with Crippen LogP contribution >= 0.6 is 35.6 Å². The molecule has 72 valence electrons. The average molecular weight is 240 g/mol. The zero-order valence-corrected chi connectivity index (χ0v) is 9.25. The van der Waals surface area contributed by atoms with Gasteiger partial charge in [-0.2, -0.15) is 0 Å². The highest BCUT2D eigenvalue weighted by atomic mass is 35.5. The van der Waals surface area contributed by atoms with E-state index >= 15 is 0 Å². The van der Waals surface area contributed by atoms with Gasteiger partial charge in [-0.1, -0.05) is 23.2 Å². The zero-order valence-electron chi connectivity index (χ0n) is 6.92. The highest BCUT2D eigenvalue weighted by Crippen LogP contribution is 2.24. The average Bonchev–Trinajstić information content (AvgIpc) is 2.03. The van der Waals surface area contributed by atoms with E-state index in [9.17, 15) is 0 Å². The second-order valence-electron chi connectivity index (χ2n) is 2.16. The lowest BCUT2D eigenvalue weighted by atomic mass is 10.3. The Labute approximate surface area is 93.4 Å². The normalized spacial score (nSPS) is 9.77. The van der Waals surface area contributed by atoms with Crippen LogP contribution in [0.2, 0.25) is 10.0 Å². The van der Waals surface area contributed by atoms with Crippen LogP contribution in [0.3, 0.4) is 0 Å². The van der Waals surface area contributed by atoms with Crippen LogP contribution in [-0.2, 0) is 0 Å². The van der Waals surface area contributed by atoms with Gasteiger partial charge in [0.05, 0.1) is 17.0 Å². The monoisotopic (exact) mass is 238 g/mol. The minimum atomic E-state index is 0. The molecule has 13 heavy (non-hydrogen) atoms. The summed E-state index contributed by atoms with van der Waals surface area (Å²) in [5.74, 6) is 0. The van der Waals surface area contributed by atoms with E-state index in [4.69, 9.17) is 23.2 Å². The molecule has 0 saturated carbocycles. The van der Waals surface area contributed by atoms with Gasteiger partial charge in [0.2, 0.25) is 0 Å². The van der Waals surface area contributed by atoms with Gasteiger partial charge in [-0.25, -0.2) is 0 Å². The molecule has 0 bridgehead atoms. The molecule has 1 aromatic rings. The Bertz CT molecular complexity index is 299. The van der Waals surface area contributed by atoms with Crippen molar-refractivity contribution in [1.29, 1.82) is 0 Å². The summed E-state index contributed by atoms with van der Waals surface area (Å²) < 4.78 is 0. The van der Waals surface area contributed by atoms with Gasteiger partial charge < -0.3 is 5.32 Å². The highest BCUT2D eigenvalue weighted by Gasteiger charge is 1.97. The van der Waals surface area contributed by atoms with E-state index in [1.165, 1.54) is 0 Å². The molecule has 0 aliphatic rings. The molecular weight excluding hydrogens is 230 g/mol. The highest BCUT2D eigenvalue weighted by molar-refractivity contribution is 6.36. The largest absolute Gasteiger partial charge is 0.346 e. The summed E-state index contributed by atoms with van der Waals surface area (Å²) in [5.41, 5.74) is 0.798. The van der Waals surface area contributed by atoms with Crippen molar-refractivity contribution in [3.05, 3.63) is 28.2 Å². The van der Waals surface area contributed by atoms with Crippen LogP contribution < -0.4 is 5.32 Å². The Morgan fingerprint density at radius 3 is 2.62 bits per heavy atom. The van der Waals surface area contributed by atoms with E-state index in [0.717, 1.165) is 5.69 Å². The summed E-state index contributed by atoms with van der Waals surface area (Å²) >= 11 is 11.6. The van der Waals surface area contributed by atoms with Gasteiger partial charge >= 0.3 is 0 Å². The number of hydrogen-bond donors (Lipinski definition) is 1. The zero-order chi connectivity index (χ0) is 8.97. The van der Waals surface area contributed by atoms with Crippen LogP contribution in [0.5, 0.6) is 0 Å². The molecule has 0 amide bonds. The number of nitrogens with one attached hydrogen (secondary N) is 1. The molecule has 0 aliphatic carbocycles. The first-order chi connectivity index (χ1) is 5.74. The minimum absolute atomic E-state index is 0. The third-order valence-corrected chi connectivity index (χ3v) is 1.83. The first-order valence-corrected chi connectivity index (χ1v) is 4.12. The maximum absolute atomic E-state index is 5.86. The predicted molar refractivity (Wildman–Crippen MR) is 61.7 cm³/mol. The summed E-state index contributed by atoms with van der Waals surface area (Å²) in [4.78, 5) is 3.77. The number of benzene rings is 1. The van der Waals surface area contributed by atoms with Crippen LogP contribution in [0.15, 0.2) is 23.2 Å². The second kappa shape index (κ2) is 6.08. The van der Waals surface area contributed by atoms with Crippen molar-refractivity contribution in [1.82, 2.24) is 0 Å². The third kappa shape index (κ3) is 3.85. The van der Waals surface area contributed by atoms with Gasteiger partial charge in [0.15, 0.2) is 0 Å². The Morgan fingerprint density at radius 2 is 2.08 bits per heavy atom. The molecule has 0 radical (unpaired) electrons. The van der Waals surface area contributed by atoms with Gasteiger partial charge in [0.25, 0.3) is 0 Å². The topological polar surface area (TPSA) is 24.4 Å². The fourth-order valence-corrected chi connectivity index (χ4v) is 1.20. The van der Waals surface area contributed by atoms with E-state index in [0.29, 0.717) is 10.0 Å². The predicted octanol–water partition coefficient (Wildman–Crippen LogP) is 3.49. The molecule has 0 atom stereocenters. The number of aliphatic imine (C=N–C) groups is 1.